The molecule has 0 aliphatic carbocycles. The first-order chi connectivity index (χ1) is 10.4. The van der Waals surface area contributed by atoms with Crippen molar-refractivity contribution >= 4 is 5.91 Å². The number of carbonyl (C=O) groups is 1. The SMILES string of the molecule is CC.CC(=O)N1CCC(O)(CC2CCN(C(C)C)CC2)CC1. The second-order valence-electron chi connectivity index (χ2n) is 7.01. The summed E-state index contributed by atoms with van der Waals surface area (Å²) in [5.74, 6) is 0.788. The number of rotatable bonds is 3. The highest BCUT2D eigenvalue weighted by molar-refractivity contribution is 5.73. The number of carbonyl (C=O) groups excluding carboxylic acids is 1. The Bertz CT molecular complexity index is 328. The highest BCUT2D eigenvalue weighted by atomic mass is 16.3. The molecule has 0 spiro atoms. The fraction of sp³-hybridized carbons (Fsp3) is 0.944. The Morgan fingerprint density at radius 2 is 1.64 bits per heavy atom. The Labute approximate surface area is 136 Å². The van der Waals surface area contributed by atoms with E-state index in [9.17, 15) is 9.90 Å². The molecular formula is C18H36N2O2. The van der Waals surface area contributed by atoms with Crippen molar-refractivity contribution in [2.75, 3.05) is 26.2 Å². The average Bonchev–Trinajstić information content (AvgIpc) is 2.50. The Balaban J connectivity index is 0.00000116. The number of amides is 1. The molecule has 0 unspecified atom stereocenters. The topological polar surface area (TPSA) is 43.8 Å². The third-order valence-electron chi connectivity index (χ3n) is 5.19. The van der Waals surface area contributed by atoms with Crippen LogP contribution in [0.2, 0.25) is 0 Å². The van der Waals surface area contributed by atoms with E-state index in [-0.39, 0.29) is 5.91 Å². The van der Waals surface area contributed by atoms with Gasteiger partial charge in [0.2, 0.25) is 5.91 Å². The van der Waals surface area contributed by atoms with Crippen molar-refractivity contribution in [3.8, 4) is 0 Å². The highest BCUT2D eigenvalue weighted by Crippen LogP contribution is 2.33. The quantitative estimate of drug-likeness (QED) is 0.871. The van der Waals surface area contributed by atoms with E-state index >= 15 is 0 Å². The van der Waals surface area contributed by atoms with Crippen molar-refractivity contribution in [2.24, 2.45) is 5.92 Å². The van der Waals surface area contributed by atoms with Crippen LogP contribution in [0.1, 0.15) is 66.7 Å². The Morgan fingerprint density at radius 1 is 1.14 bits per heavy atom. The standard InChI is InChI=1S/C16H30N2O2.C2H6/c1-13(2)17-8-4-15(5-9-17)12-16(20)6-10-18(11-7-16)14(3)19;1-2/h13,15,20H,4-12H2,1-3H3;1-2H3. The summed E-state index contributed by atoms with van der Waals surface area (Å²) in [6.45, 7) is 13.9. The normalized spacial score (nSPS) is 23.1. The zero-order valence-corrected chi connectivity index (χ0v) is 15.3. The summed E-state index contributed by atoms with van der Waals surface area (Å²) in [7, 11) is 0. The minimum atomic E-state index is -0.531. The van der Waals surface area contributed by atoms with Crippen LogP contribution in [0, 0.1) is 5.92 Å². The van der Waals surface area contributed by atoms with Gasteiger partial charge in [-0.15, -0.1) is 0 Å². The largest absolute Gasteiger partial charge is 0.390 e. The van der Waals surface area contributed by atoms with Crippen LogP contribution < -0.4 is 0 Å². The Kier molecular flexibility index (Phi) is 7.84. The number of nitrogens with zero attached hydrogens (tertiary/aromatic N) is 2. The van der Waals surface area contributed by atoms with Crippen molar-refractivity contribution in [3.05, 3.63) is 0 Å². The smallest absolute Gasteiger partial charge is 0.219 e. The van der Waals surface area contributed by atoms with Gasteiger partial charge in [0.1, 0.15) is 0 Å². The van der Waals surface area contributed by atoms with Crippen molar-refractivity contribution in [1.29, 1.82) is 0 Å². The van der Waals surface area contributed by atoms with Crippen LogP contribution in [-0.4, -0.2) is 58.6 Å². The summed E-state index contributed by atoms with van der Waals surface area (Å²) in [6.07, 6.45) is 4.83. The molecule has 2 heterocycles. The van der Waals surface area contributed by atoms with Crippen LogP contribution in [0.15, 0.2) is 0 Å². The van der Waals surface area contributed by atoms with Gasteiger partial charge in [-0.05, 0) is 65.0 Å². The van der Waals surface area contributed by atoms with Crippen LogP contribution in [0.25, 0.3) is 0 Å². The first-order valence-electron chi connectivity index (χ1n) is 9.11. The molecule has 0 atom stereocenters. The Morgan fingerprint density at radius 3 is 2.05 bits per heavy atom. The van der Waals surface area contributed by atoms with Crippen LogP contribution in [0.5, 0.6) is 0 Å². The lowest BCUT2D eigenvalue weighted by Crippen LogP contribution is -2.48. The maximum atomic E-state index is 11.3. The molecule has 4 nitrogen and oxygen atoms in total. The van der Waals surface area contributed by atoms with Crippen LogP contribution in [-0.2, 0) is 4.79 Å². The van der Waals surface area contributed by atoms with Crippen LogP contribution in [0.3, 0.4) is 0 Å². The second kappa shape index (κ2) is 8.88. The number of piperidine rings is 2. The van der Waals surface area contributed by atoms with Gasteiger partial charge in [-0.3, -0.25) is 4.79 Å². The molecule has 2 fully saturated rings. The lowest BCUT2D eigenvalue weighted by molar-refractivity contribution is -0.133. The van der Waals surface area contributed by atoms with E-state index < -0.39 is 5.60 Å². The van der Waals surface area contributed by atoms with Gasteiger partial charge in [-0.2, -0.15) is 0 Å². The first kappa shape index (κ1) is 19.4. The van der Waals surface area contributed by atoms with E-state index in [1.807, 2.05) is 18.7 Å². The fourth-order valence-electron chi connectivity index (χ4n) is 3.65. The third kappa shape index (κ3) is 5.54. The Hall–Kier alpha value is -0.610. The highest BCUT2D eigenvalue weighted by Gasteiger charge is 2.36. The lowest BCUT2D eigenvalue weighted by Gasteiger charge is -2.42. The van der Waals surface area contributed by atoms with E-state index in [1.165, 1.54) is 12.8 Å². The zero-order chi connectivity index (χ0) is 16.8. The molecule has 0 aromatic heterocycles. The van der Waals surface area contributed by atoms with Crippen molar-refractivity contribution < 1.29 is 9.90 Å². The molecule has 2 saturated heterocycles. The minimum absolute atomic E-state index is 0.136. The maximum Gasteiger partial charge on any atom is 0.219 e. The van der Waals surface area contributed by atoms with Gasteiger partial charge in [-0.25, -0.2) is 0 Å². The average molecular weight is 312 g/mol. The molecule has 1 amide bonds. The molecule has 2 aliphatic rings. The monoisotopic (exact) mass is 312 g/mol. The number of likely N-dealkylation sites (tertiary alicyclic amines) is 2. The van der Waals surface area contributed by atoms with Crippen molar-refractivity contribution in [2.45, 2.75) is 78.4 Å². The molecular weight excluding hydrogens is 276 g/mol. The van der Waals surface area contributed by atoms with E-state index in [0.717, 1.165) is 45.4 Å². The minimum Gasteiger partial charge on any atom is -0.390 e. The van der Waals surface area contributed by atoms with Crippen molar-refractivity contribution in [3.63, 3.8) is 0 Å². The molecule has 4 heteroatoms. The summed E-state index contributed by atoms with van der Waals surface area (Å²) in [5, 5.41) is 10.7. The molecule has 1 N–H and O–H groups in total. The lowest BCUT2D eigenvalue weighted by atomic mass is 9.79. The third-order valence-corrected chi connectivity index (χ3v) is 5.19. The number of aliphatic hydroxyl groups is 1. The van der Waals surface area contributed by atoms with E-state index in [1.54, 1.807) is 6.92 Å². The molecule has 2 rings (SSSR count). The van der Waals surface area contributed by atoms with Gasteiger partial charge in [0.05, 0.1) is 5.60 Å². The van der Waals surface area contributed by atoms with Crippen LogP contribution >= 0.6 is 0 Å². The van der Waals surface area contributed by atoms with E-state index in [2.05, 4.69) is 18.7 Å². The van der Waals surface area contributed by atoms with E-state index in [0.29, 0.717) is 12.0 Å². The van der Waals surface area contributed by atoms with Gasteiger partial charge >= 0.3 is 0 Å². The molecule has 0 aromatic carbocycles. The second-order valence-corrected chi connectivity index (χ2v) is 7.01. The summed E-state index contributed by atoms with van der Waals surface area (Å²) < 4.78 is 0. The van der Waals surface area contributed by atoms with E-state index in [4.69, 9.17) is 0 Å². The summed E-state index contributed by atoms with van der Waals surface area (Å²) in [4.78, 5) is 15.7. The maximum absolute atomic E-state index is 11.3. The molecule has 22 heavy (non-hydrogen) atoms. The molecule has 2 aliphatic heterocycles. The molecule has 130 valence electrons. The molecule has 0 saturated carbocycles. The molecule has 0 bridgehead atoms. The van der Waals surface area contributed by atoms with Gasteiger partial charge in [-0.1, -0.05) is 13.8 Å². The first-order valence-corrected chi connectivity index (χ1v) is 9.11. The predicted octanol–water partition coefficient (Wildman–Crippen LogP) is 2.90. The number of hydrogen-bond donors (Lipinski definition) is 1. The molecule has 0 aromatic rings. The molecule has 0 radical (unpaired) electrons. The zero-order valence-electron chi connectivity index (χ0n) is 15.3. The summed E-state index contributed by atoms with van der Waals surface area (Å²) in [6, 6.07) is 0.637. The van der Waals surface area contributed by atoms with Crippen molar-refractivity contribution in [1.82, 2.24) is 9.80 Å². The van der Waals surface area contributed by atoms with Gasteiger partial charge in [0, 0.05) is 26.1 Å². The van der Waals surface area contributed by atoms with Gasteiger partial charge in [0.15, 0.2) is 0 Å². The van der Waals surface area contributed by atoms with Crippen LogP contribution in [0.4, 0.5) is 0 Å². The number of hydrogen-bond acceptors (Lipinski definition) is 3. The van der Waals surface area contributed by atoms with Gasteiger partial charge < -0.3 is 14.9 Å². The predicted molar refractivity (Wildman–Crippen MR) is 91.8 cm³/mol. The van der Waals surface area contributed by atoms with Gasteiger partial charge in [0.25, 0.3) is 0 Å². The summed E-state index contributed by atoms with van der Waals surface area (Å²) in [5.41, 5.74) is -0.531. The fourth-order valence-corrected chi connectivity index (χ4v) is 3.65. The summed E-state index contributed by atoms with van der Waals surface area (Å²) >= 11 is 0.